The Kier molecular flexibility index (Phi) is 9.34. The van der Waals surface area contributed by atoms with Gasteiger partial charge >= 0.3 is 6.09 Å². The quantitative estimate of drug-likeness (QED) is 0.394. The zero-order valence-electron chi connectivity index (χ0n) is 25.4. The SMILES string of the molecule is COC(=O)N1CCN(c2cc(C(C(=O)N3CCCC3C(=O)NC(C)c3ccc(-c4scnc4C)cc3)C(C)C)on2)CC1. The summed E-state index contributed by atoms with van der Waals surface area (Å²) in [5.41, 5.74) is 4.95. The Morgan fingerprint density at radius 3 is 2.42 bits per heavy atom. The van der Waals surface area contributed by atoms with Gasteiger partial charge in [0.25, 0.3) is 0 Å². The number of carbonyl (C=O) groups is 3. The number of piperazine rings is 1. The first-order valence-corrected chi connectivity index (χ1v) is 15.7. The molecule has 2 aromatic heterocycles. The van der Waals surface area contributed by atoms with E-state index >= 15 is 0 Å². The molecule has 4 heterocycles. The van der Waals surface area contributed by atoms with Crippen molar-refractivity contribution in [3.63, 3.8) is 0 Å². The van der Waals surface area contributed by atoms with E-state index in [1.165, 1.54) is 7.11 Å². The molecule has 1 aromatic carbocycles. The van der Waals surface area contributed by atoms with Crippen molar-refractivity contribution in [2.45, 2.75) is 58.5 Å². The molecule has 11 nitrogen and oxygen atoms in total. The summed E-state index contributed by atoms with van der Waals surface area (Å²) in [6.45, 7) is 10.6. The van der Waals surface area contributed by atoms with Gasteiger partial charge in [-0.3, -0.25) is 9.59 Å². The smallest absolute Gasteiger partial charge is 0.409 e. The second-order valence-corrected chi connectivity index (χ2v) is 12.4. The summed E-state index contributed by atoms with van der Waals surface area (Å²) in [6.07, 6.45) is 1.03. The second kappa shape index (κ2) is 13.2. The van der Waals surface area contributed by atoms with Gasteiger partial charge in [-0.2, -0.15) is 0 Å². The van der Waals surface area contributed by atoms with Gasteiger partial charge in [0.2, 0.25) is 11.8 Å². The minimum atomic E-state index is -0.564. The van der Waals surface area contributed by atoms with Crippen LogP contribution in [0.3, 0.4) is 0 Å². The van der Waals surface area contributed by atoms with E-state index in [2.05, 4.69) is 27.6 Å². The molecule has 1 N–H and O–H groups in total. The average Bonchev–Trinajstić information content (AvgIpc) is 3.78. The van der Waals surface area contributed by atoms with Crippen molar-refractivity contribution in [2.24, 2.45) is 5.92 Å². The van der Waals surface area contributed by atoms with Crippen molar-refractivity contribution in [1.29, 1.82) is 0 Å². The lowest BCUT2D eigenvalue weighted by Gasteiger charge is -2.33. The van der Waals surface area contributed by atoms with Crippen LogP contribution >= 0.6 is 11.3 Å². The number of carbonyl (C=O) groups excluding carboxylic acids is 3. The molecule has 3 atom stereocenters. The van der Waals surface area contributed by atoms with Gasteiger partial charge in [0.15, 0.2) is 11.6 Å². The number of amides is 3. The molecule has 12 heteroatoms. The summed E-state index contributed by atoms with van der Waals surface area (Å²) in [6, 6.07) is 9.25. The number of methoxy groups -OCH3 is 1. The molecule has 43 heavy (non-hydrogen) atoms. The number of nitrogens with one attached hydrogen (secondary N) is 1. The fourth-order valence-electron chi connectivity index (χ4n) is 5.93. The van der Waals surface area contributed by atoms with Gasteiger partial charge in [0.1, 0.15) is 12.0 Å². The molecule has 0 saturated carbocycles. The van der Waals surface area contributed by atoms with Crippen molar-refractivity contribution < 1.29 is 23.6 Å². The van der Waals surface area contributed by atoms with Crippen LogP contribution in [0, 0.1) is 12.8 Å². The highest BCUT2D eigenvalue weighted by Crippen LogP contribution is 2.33. The Morgan fingerprint density at radius 1 is 1.07 bits per heavy atom. The Morgan fingerprint density at radius 2 is 1.79 bits per heavy atom. The van der Waals surface area contributed by atoms with Crippen LogP contribution in [0.15, 0.2) is 40.4 Å². The Balaban J connectivity index is 1.23. The maximum Gasteiger partial charge on any atom is 0.409 e. The number of ether oxygens (including phenoxy) is 1. The van der Waals surface area contributed by atoms with Crippen molar-refractivity contribution in [1.82, 2.24) is 25.3 Å². The van der Waals surface area contributed by atoms with E-state index in [9.17, 15) is 14.4 Å². The Labute approximate surface area is 256 Å². The summed E-state index contributed by atoms with van der Waals surface area (Å²) in [4.78, 5) is 50.1. The van der Waals surface area contributed by atoms with Gasteiger partial charge in [-0.1, -0.05) is 43.3 Å². The standard InChI is InChI=1S/C31H40N6O5S/c1-19(2)27(25-17-26(34-42-25)35-13-15-36(16-14-35)31(40)41-5)30(39)37-12-6-7-24(37)29(38)33-20(3)22-8-10-23(11-9-22)28-21(4)32-18-43-28/h8-11,17-20,24,27H,6-7,12-16H2,1-5H3,(H,33,38). The summed E-state index contributed by atoms with van der Waals surface area (Å²) in [7, 11) is 1.38. The second-order valence-electron chi connectivity index (χ2n) is 11.6. The molecule has 2 saturated heterocycles. The van der Waals surface area contributed by atoms with Crippen molar-refractivity contribution in [3.8, 4) is 10.4 Å². The summed E-state index contributed by atoms with van der Waals surface area (Å²) >= 11 is 1.61. The molecule has 3 aromatic rings. The number of hydrogen-bond acceptors (Lipinski definition) is 9. The molecule has 3 unspecified atom stereocenters. The van der Waals surface area contributed by atoms with Crippen molar-refractivity contribution in [3.05, 3.63) is 52.9 Å². The van der Waals surface area contributed by atoms with Crippen LogP contribution in [0.5, 0.6) is 0 Å². The predicted molar refractivity (Wildman–Crippen MR) is 164 cm³/mol. The fourth-order valence-corrected chi connectivity index (χ4v) is 6.75. The fraction of sp³-hybridized carbons (Fsp3) is 0.516. The van der Waals surface area contributed by atoms with Crippen LogP contribution in [0.25, 0.3) is 10.4 Å². The van der Waals surface area contributed by atoms with E-state index in [4.69, 9.17) is 9.26 Å². The lowest BCUT2D eigenvalue weighted by molar-refractivity contribution is -0.141. The first-order valence-electron chi connectivity index (χ1n) is 14.8. The normalized spacial score (nSPS) is 18.6. The highest BCUT2D eigenvalue weighted by Gasteiger charge is 2.40. The maximum absolute atomic E-state index is 14.0. The van der Waals surface area contributed by atoms with Gasteiger partial charge in [-0.25, -0.2) is 9.78 Å². The van der Waals surface area contributed by atoms with Crippen molar-refractivity contribution >= 4 is 35.1 Å². The number of benzene rings is 1. The van der Waals surface area contributed by atoms with Crippen LogP contribution in [0.2, 0.25) is 0 Å². The first-order chi connectivity index (χ1) is 20.7. The lowest BCUT2D eigenvalue weighted by atomic mass is 9.91. The van der Waals surface area contributed by atoms with E-state index in [-0.39, 0.29) is 29.9 Å². The molecule has 0 radical (unpaired) electrons. The summed E-state index contributed by atoms with van der Waals surface area (Å²) < 4.78 is 10.6. The largest absolute Gasteiger partial charge is 0.453 e. The lowest BCUT2D eigenvalue weighted by Crippen LogP contribution is -2.49. The third-order valence-corrected chi connectivity index (χ3v) is 9.38. The van der Waals surface area contributed by atoms with E-state index in [1.54, 1.807) is 21.1 Å². The minimum absolute atomic E-state index is 0.0617. The zero-order chi connectivity index (χ0) is 30.7. The molecule has 0 aliphatic carbocycles. The van der Waals surface area contributed by atoms with Crippen molar-refractivity contribution in [2.75, 3.05) is 44.7 Å². The van der Waals surface area contributed by atoms with Gasteiger partial charge in [-0.15, -0.1) is 11.3 Å². The van der Waals surface area contributed by atoms with Crippen LogP contribution in [0.4, 0.5) is 10.6 Å². The number of nitrogens with zero attached hydrogens (tertiary/aromatic N) is 5. The van der Waals surface area contributed by atoms with E-state index < -0.39 is 12.0 Å². The number of aryl methyl sites for hydroxylation is 1. The molecule has 230 valence electrons. The third-order valence-electron chi connectivity index (χ3n) is 8.41. The Hall–Kier alpha value is -3.93. The van der Waals surface area contributed by atoms with E-state index in [1.807, 2.05) is 56.3 Å². The molecule has 2 aliphatic rings. The monoisotopic (exact) mass is 608 g/mol. The summed E-state index contributed by atoms with van der Waals surface area (Å²) in [5, 5.41) is 7.40. The van der Waals surface area contributed by atoms with Gasteiger partial charge in [-0.05, 0) is 43.7 Å². The highest BCUT2D eigenvalue weighted by molar-refractivity contribution is 7.13. The van der Waals surface area contributed by atoms with Gasteiger partial charge in [0.05, 0.1) is 29.2 Å². The predicted octanol–water partition coefficient (Wildman–Crippen LogP) is 4.60. The van der Waals surface area contributed by atoms with E-state index in [0.29, 0.717) is 50.7 Å². The molecular formula is C31H40N6O5S. The molecule has 2 fully saturated rings. The number of likely N-dealkylation sites (tertiary alicyclic amines) is 1. The summed E-state index contributed by atoms with van der Waals surface area (Å²) in [5.74, 6) is 0.229. The Bertz CT molecular complexity index is 1430. The van der Waals surface area contributed by atoms with Crippen LogP contribution < -0.4 is 10.2 Å². The van der Waals surface area contributed by atoms with Crippen LogP contribution in [-0.2, 0) is 14.3 Å². The zero-order valence-corrected chi connectivity index (χ0v) is 26.2. The molecule has 3 amide bonds. The number of aromatic nitrogens is 2. The highest BCUT2D eigenvalue weighted by atomic mass is 32.1. The van der Waals surface area contributed by atoms with Crippen LogP contribution in [0.1, 0.15) is 62.6 Å². The topological polar surface area (TPSA) is 121 Å². The number of rotatable bonds is 8. The molecule has 0 bridgehead atoms. The number of thiazole rings is 1. The molecule has 0 spiro atoms. The number of hydrogen-bond donors (Lipinski definition) is 1. The van der Waals surface area contributed by atoms with Crippen LogP contribution in [-0.4, -0.2) is 83.7 Å². The molecule has 2 aliphatic heterocycles. The minimum Gasteiger partial charge on any atom is -0.453 e. The number of anilines is 1. The molecular weight excluding hydrogens is 568 g/mol. The van der Waals surface area contributed by atoms with Gasteiger partial charge in [0, 0.05) is 38.8 Å². The molecule has 5 rings (SSSR count). The van der Waals surface area contributed by atoms with Gasteiger partial charge < -0.3 is 29.3 Å². The van der Waals surface area contributed by atoms with E-state index in [0.717, 1.165) is 28.1 Å². The maximum atomic E-state index is 14.0. The average molecular weight is 609 g/mol. The third kappa shape index (κ3) is 6.53. The first kappa shape index (κ1) is 30.5.